The molecular weight excluding hydrogens is 353 g/mol. The van der Waals surface area contributed by atoms with Crippen LogP contribution in [0.3, 0.4) is 0 Å². The van der Waals surface area contributed by atoms with Crippen LogP contribution in [0.25, 0.3) is 11.6 Å². The maximum absolute atomic E-state index is 9.26. The predicted octanol–water partition coefficient (Wildman–Crippen LogP) is 4.98. The van der Waals surface area contributed by atoms with Gasteiger partial charge >= 0.3 is 0 Å². The van der Waals surface area contributed by atoms with Crippen molar-refractivity contribution in [1.82, 2.24) is 0 Å². The number of aryl methyl sites for hydroxylation is 1. The molecule has 0 amide bonds. The molecule has 0 aliphatic heterocycles. The van der Waals surface area contributed by atoms with Crippen molar-refractivity contribution in [1.29, 1.82) is 5.26 Å². The van der Waals surface area contributed by atoms with Crippen molar-refractivity contribution < 1.29 is 0 Å². The van der Waals surface area contributed by atoms with E-state index in [9.17, 15) is 5.26 Å². The normalized spacial score (nSPS) is 11.3. The van der Waals surface area contributed by atoms with Gasteiger partial charge in [0.1, 0.15) is 0 Å². The Balaban J connectivity index is 2.33. The van der Waals surface area contributed by atoms with Crippen molar-refractivity contribution >= 4 is 45.6 Å². The van der Waals surface area contributed by atoms with E-state index in [4.69, 9.17) is 0 Å². The highest BCUT2D eigenvalue weighted by molar-refractivity contribution is 14.1. The Hall–Kier alpha value is -1.12. The first-order chi connectivity index (χ1) is 8.72. The fraction of sp³-hybridized carbons (Fsp3) is 0.133. The monoisotopic (exact) mass is 365 g/mol. The lowest BCUT2D eigenvalue weighted by atomic mass is 10.1. The summed E-state index contributed by atoms with van der Waals surface area (Å²) in [6, 6.07) is 14.5. The lowest BCUT2D eigenvalue weighted by molar-refractivity contribution is 1.19. The Morgan fingerprint density at radius 1 is 1.28 bits per heavy atom. The van der Waals surface area contributed by atoms with E-state index in [1.165, 1.54) is 8.45 Å². The minimum atomic E-state index is 0.718. The number of rotatable bonds is 3. The Bertz CT molecular complexity index is 602. The van der Waals surface area contributed by atoms with Crippen molar-refractivity contribution in [3.05, 3.63) is 55.3 Å². The molecule has 0 bridgehead atoms. The van der Waals surface area contributed by atoms with Crippen LogP contribution < -0.4 is 0 Å². The third-order valence-corrected chi connectivity index (χ3v) is 4.49. The van der Waals surface area contributed by atoms with Gasteiger partial charge in [-0.25, -0.2) is 0 Å². The quantitative estimate of drug-likeness (QED) is 0.556. The molecule has 18 heavy (non-hydrogen) atoms. The van der Waals surface area contributed by atoms with Crippen LogP contribution in [0.2, 0.25) is 0 Å². The van der Waals surface area contributed by atoms with Gasteiger partial charge in [-0.2, -0.15) is 5.26 Å². The van der Waals surface area contributed by atoms with Crippen LogP contribution in [-0.2, 0) is 6.42 Å². The van der Waals surface area contributed by atoms with Crippen LogP contribution in [0.5, 0.6) is 0 Å². The number of hydrogen-bond donors (Lipinski definition) is 0. The Morgan fingerprint density at radius 3 is 2.56 bits per heavy atom. The fourth-order valence-corrected chi connectivity index (χ4v) is 2.87. The van der Waals surface area contributed by atoms with Crippen LogP contribution in [-0.4, -0.2) is 0 Å². The van der Waals surface area contributed by atoms with E-state index in [0.29, 0.717) is 0 Å². The largest absolute Gasteiger partial charge is 0.192 e. The van der Waals surface area contributed by atoms with Gasteiger partial charge in [0.05, 0.1) is 11.6 Å². The summed E-state index contributed by atoms with van der Waals surface area (Å²) in [6.07, 6.45) is 3.01. The zero-order chi connectivity index (χ0) is 13.0. The van der Waals surface area contributed by atoms with Crippen molar-refractivity contribution in [3.63, 3.8) is 0 Å². The molecule has 1 aromatic carbocycles. The average Bonchev–Trinajstić information content (AvgIpc) is 2.85. The van der Waals surface area contributed by atoms with Crippen molar-refractivity contribution in [2.75, 3.05) is 0 Å². The summed E-state index contributed by atoms with van der Waals surface area (Å²) in [5, 5.41) is 9.26. The summed E-state index contributed by atoms with van der Waals surface area (Å²) in [5.41, 5.74) is 1.69. The van der Waals surface area contributed by atoms with Gasteiger partial charge in [-0.3, -0.25) is 0 Å². The second kappa shape index (κ2) is 6.17. The highest BCUT2D eigenvalue weighted by Crippen LogP contribution is 2.24. The molecule has 0 unspecified atom stereocenters. The number of hydrogen-bond acceptors (Lipinski definition) is 2. The van der Waals surface area contributed by atoms with Gasteiger partial charge in [-0.15, -0.1) is 11.3 Å². The summed E-state index contributed by atoms with van der Waals surface area (Å²) >= 11 is 4.01. The summed E-state index contributed by atoms with van der Waals surface area (Å²) in [5.74, 6) is 0. The van der Waals surface area contributed by atoms with Gasteiger partial charge in [0.25, 0.3) is 0 Å². The predicted molar refractivity (Wildman–Crippen MR) is 86.3 cm³/mol. The molecule has 2 rings (SSSR count). The van der Waals surface area contributed by atoms with E-state index in [1.807, 2.05) is 30.3 Å². The van der Waals surface area contributed by atoms with Gasteiger partial charge < -0.3 is 0 Å². The zero-order valence-corrected chi connectivity index (χ0v) is 13.0. The van der Waals surface area contributed by atoms with E-state index in [2.05, 4.69) is 47.7 Å². The molecule has 0 N–H and O–H groups in total. The van der Waals surface area contributed by atoms with E-state index < -0.39 is 0 Å². The van der Waals surface area contributed by atoms with Crippen LogP contribution >= 0.6 is 33.9 Å². The van der Waals surface area contributed by atoms with E-state index in [0.717, 1.165) is 22.4 Å². The van der Waals surface area contributed by atoms with E-state index in [-0.39, 0.29) is 0 Å². The average molecular weight is 365 g/mol. The molecule has 1 heterocycles. The third kappa shape index (κ3) is 3.21. The number of thiophene rings is 1. The first kappa shape index (κ1) is 13.3. The molecule has 0 spiro atoms. The molecule has 90 valence electrons. The smallest absolute Gasteiger partial charge is 0.0998 e. The Kier molecular flexibility index (Phi) is 4.56. The minimum absolute atomic E-state index is 0.718. The first-order valence-electron chi connectivity index (χ1n) is 5.69. The number of benzene rings is 1. The second-order valence-electron chi connectivity index (χ2n) is 3.83. The highest BCUT2D eigenvalue weighted by Gasteiger charge is 2.02. The maximum Gasteiger partial charge on any atom is 0.0998 e. The molecule has 1 aromatic heterocycles. The zero-order valence-electron chi connectivity index (χ0n) is 9.98. The first-order valence-corrected chi connectivity index (χ1v) is 7.59. The molecule has 2 aromatic rings. The summed E-state index contributed by atoms with van der Waals surface area (Å²) in [4.78, 5) is 2.49. The third-order valence-electron chi connectivity index (χ3n) is 2.59. The second-order valence-corrected chi connectivity index (χ2v) is 6.28. The lowest BCUT2D eigenvalue weighted by Gasteiger charge is -1.98. The molecular formula is C15H12INS. The SMILES string of the molecule is CCc1ccc(/C=C(\C#N)c2ccc(I)cc2)s1. The molecule has 0 radical (unpaired) electrons. The number of halogens is 1. The molecule has 0 aliphatic rings. The Morgan fingerprint density at radius 2 is 2.00 bits per heavy atom. The Labute approximate surface area is 125 Å². The number of nitrogens with zero attached hydrogens (tertiary/aromatic N) is 1. The molecule has 0 aliphatic carbocycles. The minimum Gasteiger partial charge on any atom is -0.192 e. The molecule has 3 heteroatoms. The summed E-state index contributed by atoms with van der Waals surface area (Å²) in [7, 11) is 0. The standard InChI is InChI=1S/C15H12INS/c1-2-14-7-8-15(18-14)9-12(10-17)11-3-5-13(16)6-4-11/h3-9H,2H2,1H3/b12-9+. The van der Waals surface area contributed by atoms with Crippen molar-refractivity contribution in [2.45, 2.75) is 13.3 Å². The van der Waals surface area contributed by atoms with Gasteiger partial charge in [-0.05, 0) is 64.9 Å². The summed E-state index contributed by atoms with van der Waals surface area (Å²) in [6.45, 7) is 2.14. The molecule has 0 saturated heterocycles. The molecule has 0 fully saturated rings. The topological polar surface area (TPSA) is 23.8 Å². The van der Waals surface area contributed by atoms with Crippen LogP contribution in [0.15, 0.2) is 36.4 Å². The van der Waals surface area contributed by atoms with Gasteiger partial charge in [0.2, 0.25) is 0 Å². The number of nitriles is 1. The highest BCUT2D eigenvalue weighted by atomic mass is 127. The van der Waals surface area contributed by atoms with Crippen molar-refractivity contribution in [2.24, 2.45) is 0 Å². The lowest BCUT2D eigenvalue weighted by Crippen LogP contribution is -1.81. The van der Waals surface area contributed by atoms with Crippen LogP contribution in [0, 0.1) is 14.9 Å². The van der Waals surface area contributed by atoms with Gasteiger partial charge in [0.15, 0.2) is 0 Å². The fourth-order valence-electron chi connectivity index (χ4n) is 1.61. The van der Waals surface area contributed by atoms with Gasteiger partial charge in [0, 0.05) is 13.3 Å². The molecule has 0 saturated carbocycles. The molecule has 0 atom stereocenters. The van der Waals surface area contributed by atoms with E-state index >= 15 is 0 Å². The van der Waals surface area contributed by atoms with Crippen LogP contribution in [0.1, 0.15) is 22.2 Å². The van der Waals surface area contributed by atoms with E-state index in [1.54, 1.807) is 11.3 Å². The van der Waals surface area contributed by atoms with Crippen LogP contribution in [0.4, 0.5) is 0 Å². The molecule has 1 nitrogen and oxygen atoms in total. The van der Waals surface area contributed by atoms with Crippen molar-refractivity contribution in [3.8, 4) is 6.07 Å². The maximum atomic E-state index is 9.26. The van der Waals surface area contributed by atoms with Gasteiger partial charge in [-0.1, -0.05) is 19.1 Å². The number of allylic oxidation sites excluding steroid dienone is 1. The summed E-state index contributed by atoms with van der Waals surface area (Å²) < 4.78 is 1.18.